The Balaban J connectivity index is 1.68. The van der Waals surface area contributed by atoms with E-state index >= 15 is 0 Å². The van der Waals surface area contributed by atoms with E-state index in [0.29, 0.717) is 17.1 Å². The standard InChI is InChI=1S/C21H34O2/c1-19(2)16-7-5-13-14-6-8-18(23)21(14,4)11-9-15(13)20(16,3)12-10-17(19)22/h13-16,18,23H,5-12H2,1-4H3/t13-,14-,15-,16?,18?,20+,21-/m0/s1. The molecule has 7 atom stereocenters. The van der Waals surface area contributed by atoms with Crippen LogP contribution < -0.4 is 0 Å². The summed E-state index contributed by atoms with van der Waals surface area (Å²) >= 11 is 0. The molecule has 0 aromatic heterocycles. The molecule has 0 radical (unpaired) electrons. The van der Waals surface area contributed by atoms with Gasteiger partial charge in [0, 0.05) is 11.8 Å². The lowest BCUT2D eigenvalue weighted by atomic mass is 9.41. The van der Waals surface area contributed by atoms with Crippen molar-refractivity contribution < 1.29 is 9.90 Å². The maximum absolute atomic E-state index is 12.5. The Morgan fingerprint density at radius 1 is 0.870 bits per heavy atom. The normalized spacial score (nSPS) is 55.0. The third-order valence-corrected chi connectivity index (χ3v) is 9.30. The van der Waals surface area contributed by atoms with Gasteiger partial charge in [0.05, 0.1) is 6.10 Å². The summed E-state index contributed by atoms with van der Waals surface area (Å²) in [7, 11) is 0. The van der Waals surface area contributed by atoms with Crippen LogP contribution in [0.25, 0.3) is 0 Å². The summed E-state index contributed by atoms with van der Waals surface area (Å²) in [4.78, 5) is 12.5. The van der Waals surface area contributed by atoms with Crippen molar-refractivity contribution in [2.75, 3.05) is 0 Å². The molecule has 0 aromatic carbocycles. The van der Waals surface area contributed by atoms with Gasteiger partial charge in [-0.3, -0.25) is 4.79 Å². The van der Waals surface area contributed by atoms with Crippen molar-refractivity contribution in [3.05, 3.63) is 0 Å². The Labute approximate surface area is 141 Å². The van der Waals surface area contributed by atoms with Crippen molar-refractivity contribution >= 4 is 5.78 Å². The van der Waals surface area contributed by atoms with Crippen LogP contribution in [-0.2, 0) is 4.79 Å². The Morgan fingerprint density at radius 3 is 2.30 bits per heavy atom. The average molecular weight is 319 g/mol. The molecule has 0 heterocycles. The number of ketones is 1. The highest BCUT2D eigenvalue weighted by Crippen LogP contribution is 2.68. The van der Waals surface area contributed by atoms with Gasteiger partial charge in [-0.1, -0.05) is 27.7 Å². The highest BCUT2D eigenvalue weighted by molar-refractivity contribution is 5.85. The molecule has 2 heteroatoms. The zero-order valence-electron chi connectivity index (χ0n) is 15.4. The molecular weight excluding hydrogens is 284 g/mol. The van der Waals surface area contributed by atoms with Gasteiger partial charge in [-0.25, -0.2) is 0 Å². The van der Waals surface area contributed by atoms with Gasteiger partial charge in [0.15, 0.2) is 0 Å². The third kappa shape index (κ3) is 1.94. The second kappa shape index (κ2) is 4.84. The minimum Gasteiger partial charge on any atom is -0.393 e. The summed E-state index contributed by atoms with van der Waals surface area (Å²) in [5.41, 5.74) is 0.382. The summed E-state index contributed by atoms with van der Waals surface area (Å²) in [6, 6.07) is 0. The SMILES string of the molecule is CC1(C)C(=O)CC[C@@]2(C)C1CC[C@@H]1[C@@H]2CC[C@]2(C)C(O)CC[C@@H]12. The molecule has 0 amide bonds. The number of Topliss-reactive ketones (excluding diaryl/α,β-unsaturated/α-hetero) is 1. The zero-order valence-corrected chi connectivity index (χ0v) is 15.4. The molecule has 130 valence electrons. The molecule has 0 aromatic rings. The molecule has 1 N–H and O–H groups in total. The zero-order chi connectivity index (χ0) is 16.6. The van der Waals surface area contributed by atoms with E-state index in [2.05, 4.69) is 27.7 Å². The molecule has 4 aliphatic carbocycles. The third-order valence-electron chi connectivity index (χ3n) is 9.30. The van der Waals surface area contributed by atoms with E-state index < -0.39 is 0 Å². The molecule has 0 saturated heterocycles. The van der Waals surface area contributed by atoms with Crippen LogP contribution >= 0.6 is 0 Å². The molecule has 4 rings (SSSR count). The van der Waals surface area contributed by atoms with Crippen molar-refractivity contribution in [1.29, 1.82) is 0 Å². The minimum absolute atomic E-state index is 0.0802. The van der Waals surface area contributed by atoms with E-state index in [1.807, 2.05) is 0 Å². The predicted molar refractivity (Wildman–Crippen MR) is 91.9 cm³/mol. The number of aliphatic hydroxyl groups excluding tert-OH is 1. The van der Waals surface area contributed by atoms with E-state index in [1.54, 1.807) is 0 Å². The van der Waals surface area contributed by atoms with Crippen molar-refractivity contribution in [3.8, 4) is 0 Å². The largest absolute Gasteiger partial charge is 0.393 e. The van der Waals surface area contributed by atoms with E-state index in [9.17, 15) is 9.90 Å². The van der Waals surface area contributed by atoms with Gasteiger partial charge in [-0.15, -0.1) is 0 Å². The number of rotatable bonds is 0. The Hall–Kier alpha value is -0.370. The molecule has 2 unspecified atom stereocenters. The minimum atomic E-state index is -0.131. The molecule has 2 nitrogen and oxygen atoms in total. The highest BCUT2D eigenvalue weighted by Gasteiger charge is 2.62. The van der Waals surface area contributed by atoms with Crippen molar-refractivity contribution in [1.82, 2.24) is 0 Å². The summed E-state index contributed by atoms with van der Waals surface area (Å²) < 4.78 is 0. The van der Waals surface area contributed by atoms with Crippen molar-refractivity contribution in [3.63, 3.8) is 0 Å². The van der Waals surface area contributed by atoms with Gasteiger partial charge in [0.2, 0.25) is 0 Å². The molecular formula is C21H34O2. The fourth-order valence-electron chi connectivity index (χ4n) is 7.87. The topological polar surface area (TPSA) is 37.3 Å². The number of fused-ring (bicyclic) bond motifs is 5. The van der Waals surface area contributed by atoms with Gasteiger partial charge in [-0.05, 0) is 79.4 Å². The summed E-state index contributed by atoms with van der Waals surface area (Å²) in [5, 5.41) is 10.5. The first-order valence-electron chi connectivity index (χ1n) is 9.92. The lowest BCUT2D eigenvalue weighted by Crippen LogP contribution is -2.58. The maximum Gasteiger partial charge on any atom is 0.138 e. The van der Waals surface area contributed by atoms with E-state index in [0.717, 1.165) is 37.0 Å². The van der Waals surface area contributed by atoms with Crippen LogP contribution in [0.15, 0.2) is 0 Å². The maximum atomic E-state index is 12.5. The number of hydrogen-bond donors (Lipinski definition) is 1. The molecule has 4 aliphatic rings. The van der Waals surface area contributed by atoms with Gasteiger partial charge in [-0.2, -0.15) is 0 Å². The van der Waals surface area contributed by atoms with Crippen LogP contribution in [0, 0.1) is 39.9 Å². The quantitative estimate of drug-likeness (QED) is 0.709. The van der Waals surface area contributed by atoms with Crippen LogP contribution in [0.2, 0.25) is 0 Å². The first-order valence-corrected chi connectivity index (χ1v) is 9.92. The average Bonchev–Trinajstić information content (AvgIpc) is 2.79. The molecule has 4 fully saturated rings. The second-order valence-corrected chi connectivity index (χ2v) is 10.3. The van der Waals surface area contributed by atoms with Crippen LogP contribution in [0.4, 0.5) is 0 Å². The smallest absolute Gasteiger partial charge is 0.138 e. The van der Waals surface area contributed by atoms with E-state index in [4.69, 9.17) is 0 Å². The lowest BCUT2D eigenvalue weighted by molar-refractivity contribution is -0.166. The number of hydrogen-bond acceptors (Lipinski definition) is 2. The summed E-state index contributed by atoms with van der Waals surface area (Å²) in [6.07, 6.45) is 9.01. The van der Waals surface area contributed by atoms with E-state index in [1.165, 1.54) is 32.1 Å². The molecule has 23 heavy (non-hydrogen) atoms. The Kier molecular flexibility index (Phi) is 3.39. The molecule has 0 aliphatic heterocycles. The van der Waals surface area contributed by atoms with Crippen LogP contribution in [-0.4, -0.2) is 17.0 Å². The number of carbonyl (C=O) groups excluding carboxylic acids is 1. The summed E-state index contributed by atoms with van der Waals surface area (Å²) in [6.45, 7) is 9.29. The second-order valence-electron chi connectivity index (χ2n) is 10.3. The fourth-order valence-corrected chi connectivity index (χ4v) is 7.87. The van der Waals surface area contributed by atoms with Gasteiger partial charge < -0.3 is 5.11 Å². The molecule has 0 bridgehead atoms. The van der Waals surface area contributed by atoms with Gasteiger partial charge in [0.25, 0.3) is 0 Å². The number of carbonyl (C=O) groups is 1. The predicted octanol–water partition coefficient (Wildman–Crippen LogP) is 4.60. The first-order chi connectivity index (χ1) is 10.7. The molecule has 0 spiro atoms. The Bertz CT molecular complexity index is 524. The van der Waals surface area contributed by atoms with Gasteiger partial charge >= 0.3 is 0 Å². The summed E-state index contributed by atoms with van der Waals surface area (Å²) in [5.74, 6) is 3.34. The van der Waals surface area contributed by atoms with Crippen LogP contribution in [0.5, 0.6) is 0 Å². The monoisotopic (exact) mass is 318 g/mol. The highest BCUT2D eigenvalue weighted by atomic mass is 16.3. The number of aliphatic hydroxyl groups is 1. The lowest BCUT2D eigenvalue weighted by Gasteiger charge is -2.63. The Morgan fingerprint density at radius 2 is 1.57 bits per heavy atom. The molecule has 4 saturated carbocycles. The van der Waals surface area contributed by atoms with E-state index in [-0.39, 0.29) is 16.9 Å². The van der Waals surface area contributed by atoms with Crippen LogP contribution in [0.1, 0.15) is 79.1 Å². The van der Waals surface area contributed by atoms with Crippen molar-refractivity contribution in [2.45, 2.75) is 85.2 Å². The van der Waals surface area contributed by atoms with Crippen molar-refractivity contribution in [2.24, 2.45) is 39.9 Å². The first kappa shape index (κ1) is 16.1. The fraction of sp³-hybridized carbons (Fsp3) is 0.952. The van der Waals surface area contributed by atoms with Gasteiger partial charge in [0.1, 0.15) is 5.78 Å². The van der Waals surface area contributed by atoms with Crippen LogP contribution in [0.3, 0.4) is 0 Å².